The third-order valence-corrected chi connectivity index (χ3v) is 4.30. The van der Waals surface area contributed by atoms with Crippen LogP contribution in [0.1, 0.15) is 39.5 Å². The second-order valence-corrected chi connectivity index (χ2v) is 5.73. The molecular weight excluding hydrogens is 260 g/mol. The van der Waals surface area contributed by atoms with Crippen LogP contribution in [0.2, 0.25) is 0 Å². The quantitative estimate of drug-likeness (QED) is 0.686. The van der Waals surface area contributed by atoms with Crippen molar-refractivity contribution in [2.75, 3.05) is 26.2 Å². The summed E-state index contributed by atoms with van der Waals surface area (Å²) >= 11 is 0. The number of carboxylic acids is 1. The van der Waals surface area contributed by atoms with E-state index in [0.29, 0.717) is 25.3 Å². The van der Waals surface area contributed by atoms with Gasteiger partial charge in [0.15, 0.2) is 0 Å². The normalized spacial score (nSPS) is 26.1. The van der Waals surface area contributed by atoms with E-state index in [1.54, 1.807) is 0 Å². The van der Waals surface area contributed by atoms with Crippen molar-refractivity contribution in [3.8, 4) is 0 Å². The van der Waals surface area contributed by atoms with Gasteiger partial charge in [0.2, 0.25) is 0 Å². The van der Waals surface area contributed by atoms with Gasteiger partial charge in [-0.2, -0.15) is 0 Å². The van der Waals surface area contributed by atoms with Crippen LogP contribution in [-0.4, -0.2) is 53.4 Å². The minimum atomic E-state index is -0.833. The summed E-state index contributed by atoms with van der Waals surface area (Å²) in [5, 5.41) is 21.1. The maximum atomic E-state index is 11.9. The average molecular weight is 286 g/mol. The molecule has 6 nitrogen and oxygen atoms in total. The molecule has 6 heteroatoms. The maximum absolute atomic E-state index is 11.9. The van der Waals surface area contributed by atoms with E-state index < -0.39 is 11.4 Å². The Hall–Kier alpha value is -1.30. The molecule has 0 unspecified atom stereocenters. The SMILES string of the molecule is CCN(CCO)C(=O)NCC1(C(=O)O)CCC(C)CC1. The fraction of sp³-hybridized carbons (Fsp3) is 0.857. The molecule has 20 heavy (non-hydrogen) atoms. The average Bonchev–Trinajstić information content (AvgIpc) is 2.44. The Bertz CT molecular complexity index is 338. The van der Waals surface area contributed by atoms with Gasteiger partial charge in [-0.3, -0.25) is 4.79 Å². The zero-order chi connectivity index (χ0) is 15.2. The van der Waals surface area contributed by atoms with Crippen molar-refractivity contribution in [1.29, 1.82) is 0 Å². The Kier molecular flexibility index (Phi) is 6.26. The number of carboxylic acid groups (broad SMARTS) is 1. The van der Waals surface area contributed by atoms with Crippen molar-refractivity contribution >= 4 is 12.0 Å². The van der Waals surface area contributed by atoms with Crippen molar-refractivity contribution in [3.63, 3.8) is 0 Å². The second kappa shape index (κ2) is 7.47. The van der Waals surface area contributed by atoms with Gasteiger partial charge >= 0.3 is 12.0 Å². The van der Waals surface area contributed by atoms with Crippen molar-refractivity contribution < 1.29 is 19.8 Å². The van der Waals surface area contributed by atoms with Gasteiger partial charge in [0, 0.05) is 19.6 Å². The molecular formula is C14H26N2O4. The lowest BCUT2D eigenvalue weighted by molar-refractivity contribution is -0.151. The van der Waals surface area contributed by atoms with Crippen molar-refractivity contribution in [3.05, 3.63) is 0 Å². The van der Waals surface area contributed by atoms with Gasteiger partial charge in [-0.25, -0.2) is 4.79 Å². The van der Waals surface area contributed by atoms with Crippen LogP contribution in [0.3, 0.4) is 0 Å². The van der Waals surface area contributed by atoms with Crippen LogP contribution >= 0.6 is 0 Å². The lowest BCUT2D eigenvalue weighted by Crippen LogP contribution is -2.49. The predicted octanol–water partition coefficient (Wildman–Crippen LogP) is 1.29. The summed E-state index contributed by atoms with van der Waals surface area (Å²) < 4.78 is 0. The highest BCUT2D eigenvalue weighted by Crippen LogP contribution is 2.38. The first-order valence-electron chi connectivity index (χ1n) is 7.32. The summed E-state index contributed by atoms with van der Waals surface area (Å²) in [6.07, 6.45) is 2.98. The summed E-state index contributed by atoms with van der Waals surface area (Å²) in [7, 11) is 0. The van der Waals surface area contributed by atoms with Gasteiger partial charge in [0.1, 0.15) is 0 Å². The number of urea groups is 1. The third-order valence-electron chi connectivity index (χ3n) is 4.30. The van der Waals surface area contributed by atoms with Crippen molar-refractivity contribution in [2.24, 2.45) is 11.3 Å². The molecule has 0 aromatic carbocycles. The first kappa shape index (κ1) is 16.8. The second-order valence-electron chi connectivity index (χ2n) is 5.73. The molecule has 0 radical (unpaired) electrons. The third kappa shape index (κ3) is 4.10. The van der Waals surface area contributed by atoms with E-state index in [4.69, 9.17) is 5.11 Å². The maximum Gasteiger partial charge on any atom is 0.317 e. The molecule has 0 aromatic heterocycles. The van der Waals surface area contributed by atoms with Gasteiger partial charge in [-0.15, -0.1) is 0 Å². The first-order chi connectivity index (χ1) is 9.45. The number of aliphatic carboxylic acids is 1. The topological polar surface area (TPSA) is 89.9 Å². The number of aliphatic hydroxyl groups is 1. The molecule has 116 valence electrons. The molecule has 1 fully saturated rings. The van der Waals surface area contributed by atoms with Gasteiger partial charge in [0.05, 0.1) is 12.0 Å². The fourth-order valence-electron chi connectivity index (χ4n) is 2.66. The lowest BCUT2D eigenvalue weighted by Gasteiger charge is -2.36. The Morgan fingerprint density at radius 2 is 1.95 bits per heavy atom. The summed E-state index contributed by atoms with van der Waals surface area (Å²) in [5.41, 5.74) is -0.833. The van der Waals surface area contributed by atoms with E-state index in [9.17, 15) is 14.7 Å². The largest absolute Gasteiger partial charge is 0.481 e. The minimum absolute atomic E-state index is 0.0944. The molecule has 1 aliphatic carbocycles. The van der Waals surface area contributed by atoms with E-state index in [1.165, 1.54) is 4.90 Å². The fourth-order valence-corrected chi connectivity index (χ4v) is 2.66. The molecule has 2 amide bonds. The molecule has 3 N–H and O–H groups in total. The smallest absolute Gasteiger partial charge is 0.317 e. The number of amides is 2. The molecule has 1 rings (SSSR count). The van der Waals surface area contributed by atoms with Gasteiger partial charge in [-0.1, -0.05) is 6.92 Å². The zero-order valence-corrected chi connectivity index (χ0v) is 12.4. The highest BCUT2D eigenvalue weighted by atomic mass is 16.4. The Balaban J connectivity index is 2.59. The highest BCUT2D eigenvalue weighted by molar-refractivity contribution is 5.78. The van der Waals surface area contributed by atoms with Crippen LogP contribution < -0.4 is 5.32 Å². The van der Waals surface area contributed by atoms with E-state index in [2.05, 4.69) is 12.2 Å². The lowest BCUT2D eigenvalue weighted by atomic mass is 9.71. The number of nitrogens with one attached hydrogen (secondary N) is 1. The van der Waals surface area contributed by atoms with Crippen LogP contribution in [0.5, 0.6) is 0 Å². The number of hydrogen-bond donors (Lipinski definition) is 3. The number of carbonyl (C=O) groups excluding carboxylic acids is 1. The Morgan fingerprint density at radius 1 is 1.35 bits per heavy atom. The van der Waals surface area contributed by atoms with Crippen LogP contribution in [0.25, 0.3) is 0 Å². The molecule has 0 aliphatic heterocycles. The molecule has 0 saturated heterocycles. The van der Waals surface area contributed by atoms with E-state index in [-0.39, 0.29) is 25.7 Å². The molecule has 0 atom stereocenters. The van der Waals surface area contributed by atoms with Crippen LogP contribution in [-0.2, 0) is 4.79 Å². The standard InChI is InChI=1S/C14H26N2O4/c1-3-16(8-9-17)13(20)15-10-14(12(18)19)6-4-11(2)5-7-14/h11,17H,3-10H2,1-2H3,(H,15,20)(H,18,19). The molecule has 1 saturated carbocycles. The minimum Gasteiger partial charge on any atom is -0.481 e. The van der Waals surface area contributed by atoms with Crippen LogP contribution in [0, 0.1) is 11.3 Å². The number of carbonyl (C=O) groups is 2. The summed E-state index contributed by atoms with van der Waals surface area (Å²) in [5.74, 6) is -0.269. The van der Waals surface area contributed by atoms with Crippen molar-refractivity contribution in [2.45, 2.75) is 39.5 Å². The predicted molar refractivity (Wildman–Crippen MR) is 75.4 cm³/mol. The molecule has 0 spiro atoms. The number of hydrogen-bond acceptors (Lipinski definition) is 3. The number of nitrogens with zero attached hydrogens (tertiary/aromatic N) is 1. The number of aliphatic hydroxyl groups excluding tert-OH is 1. The van der Waals surface area contributed by atoms with Gasteiger partial charge in [0.25, 0.3) is 0 Å². The summed E-state index contributed by atoms with van der Waals surface area (Å²) in [6.45, 7) is 4.77. The molecule has 0 bridgehead atoms. The molecule has 1 aliphatic rings. The first-order valence-corrected chi connectivity index (χ1v) is 7.32. The van der Waals surface area contributed by atoms with Gasteiger partial charge in [-0.05, 0) is 38.5 Å². The van der Waals surface area contributed by atoms with Gasteiger partial charge < -0.3 is 20.4 Å². The number of rotatable bonds is 6. The van der Waals surface area contributed by atoms with Crippen molar-refractivity contribution in [1.82, 2.24) is 10.2 Å². The Morgan fingerprint density at radius 3 is 2.40 bits per heavy atom. The zero-order valence-electron chi connectivity index (χ0n) is 12.4. The summed E-state index contributed by atoms with van der Waals surface area (Å²) in [6, 6.07) is -0.305. The van der Waals surface area contributed by atoms with Crippen LogP contribution in [0.4, 0.5) is 4.79 Å². The number of likely N-dealkylation sites (N-methyl/N-ethyl adjacent to an activating group) is 1. The van der Waals surface area contributed by atoms with E-state index in [0.717, 1.165) is 12.8 Å². The highest BCUT2D eigenvalue weighted by Gasteiger charge is 2.41. The van der Waals surface area contributed by atoms with E-state index in [1.807, 2.05) is 6.92 Å². The Labute approximate surface area is 120 Å². The summed E-state index contributed by atoms with van der Waals surface area (Å²) in [4.78, 5) is 25.0. The monoisotopic (exact) mass is 286 g/mol. The van der Waals surface area contributed by atoms with Crippen LogP contribution in [0.15, 0.2) is 0 Å². The molecule has 0 aromatic rings. The van der Waals surface area contributed by atoms with E-state index >= 15 is 0 Å². The molecule has 0 heterocycles.